The number of hydrogen-bond donors (Lipinski definition) is 1. The summed E-state index contributed by atoms with van der Waals surface area (Å²) in [7, 11) is 0. The highest BCUT2D eigenvalue weighted by atomic mass is 19.1. The predicted octanol–water partition coefficient (Wildman–Crippen LogP) is 4.04. The Kier molecular flexibility index (Phi) is 5.16. The fraction of sp³-hybridized carbons (Fsp3) is 0.143. The zero-order chi connectivity index (χ0) is 19.6. The summed E-state index contributed by atoms with van der Waals surface area (Å²) in [6.07, 6.45) is 1.41. The summed E-state index contributed by atoms with van der Waals surface area (Å²) in [5.41, 5.74) is 2.72. The minimum atomic E-state index is -0.742. The maximum atomic E-state index is 13.7. The van der Waals surface area contributed by atoms with Gasteiger partial charge < -0.3 is 9.88 Å². The molecule has 2 aromatic carbocycles. The molecule has 0 radical (unpaired) electrons. The van der Waals surface area contributed by atoms with E-state index in [1.807, 2.05) is 32.0 Å². The Bertz CT molecular complexity index is 1070. The van der Waals surface area contributed by atoms with Crippen molar-refractivity contribution in [2.75, 3.05) is 5.32 Å². The number of aryl methyl sites for hydroxylation is 2. The normalized spacial score (nSPS) is 10.7. The van der Waals surface area contributed by atoms with Gasteiger partial charge in [-0.15, -0.1) is 0 Å². The van der Waals surface area contributed by atoms with Gasteiger partial charge in [0, 0.05) is 18.3 Å². The molecule has 4 nitrogen and oxygen atoms in total. The average Bonchev–Trinajstić information content (AvgIpc) is 2.63. The number of nitrogens with one attached hydrogen (secondary N) is 1. The summed E-state index contributed by atoms with van der Waals surface area (Å²) in [6.45, 7) is 4.22. The maximum absolute atomic E-state index is 13.7. The van der Waals surface area contributed by atoms with Crippen molar-refractivity contribution < 1.29 is 13.6 Å². The molecule has 3 aromatic rings. The molecule has 0 saturated carbocycles. The lowest BCUT2D eigenvalue weighted by Crippen LogP contribution is -2.23. The van der Waals surface area contributed by atoms with Gasteiger partial charge in [-0.25, -0.2) is 8.78 Å². The minimum absolute atomic E-state index is 0.170. The van der Waals surface area contributed by atoms with Crippen LogP contribution in [0.5, 0.6) is 0 Å². The van der Waals surface area contributed by atoms with Crippen molar-refractivity contribution in [1.29, 1.82) is 0 Å². The number of aromatic nitrogens is 1. The standard InChI is InChI=1S/C21H18F2N2O2/c1-13-3-4-14(2)16(9-13)12-25-11-15(5-8-20(25)26)21(27)24-19-10-17(22)6-7-18(19)23/h3-11H,12H2,1-2H3,(H,24,27). The van der Waals surface area contributed by atoms with Crippen LogP contribution in [0.4, 0.5) is 14.5 Å². The Labute approximate surface area is 155 Å². The first kappa shape index (κ1) is 18.5. The van der Waals surface area contributed by atoms with Crippen molar-refractivity contribution in [3.05, 3.63) is 99.0 Å². The SMILES string of the molecule is Cc1ccc(C)c(Cn2cc(C(=O)Nc3cc(F)ccc3F)ccc2=O)c1. The van der Waals surface area contributed by atoms with Crippen LogP contribution in [-0.4, -0.2) is 10.5 Å². The van der Waals surface area contributed by atoms with Crippen LogP contribution in [0.1, 0.15) is 27.0 Å². The molecule has 0 fully saturated rings. The first-order valence-corrected chi connectivity index (χ1v) is 8.36. The van der Waals surface area contributed by atoms with E-state index in [4.69, 9.17) is 0 Å². The average molecular weight is 368 g/mol. The van der Waals surface area contributed by atoms with E-state index in [0.29, 0.717) is 6.54 Å². The molecule has 0 spiro atoms. The molecule has 0 unspecified atom stereocenters. The summed E-state index contributed by atoms with van der Waals surface area (Å²) >= 11 is 0. The van der Waals surface area contributed by atoms with Crippen LogP contribution in [0, 0.1) is 25.5 Å². The molecular formula is C21H18F2N2O2. The van der Waals surface area contributed by atoms with Gasteiger partial charge in [0.2, 0.25) is 0 Å². The molecule has 6 heteroatoms. The molecule has 0 aliphatic rings. The van der Waals surface area contributed by atoms with Crippen LogP contribution in [0.2, 0.25) is 0 Å². The number of halogens is 2. The maximum Gasteiger partial charge on any atom is 0.257 e. The van der Waals surface area contributed by atoms with Crippen LogP contribution in [-0.2, 0) is 6.54 Å². The summed E-state index contributed by atoms with van der Waals surface area (Å²) in [4.78, 5) is 24.6. The Morgan fingerprint density at radius 1 is 1.04 bits per heavy atom. The first-order valence-electron chi connectivity index (χ1n) is 8.36. The van der Waals surface area contributed by atoms with Crippen molar-refractivity contribution in [2.45, 2.75) is 20.4 Å². The quantitative estimate of drug-likeness (QED) is 0.756. The summed E-state index contributed by atoms with van der Waals surface area (Å²) in [5.74, 6) is -2.03. The number of rotatable bonds is 4. The first-order chi connectivity index (χ1) is 12.8. The number of nitrogens with zero attached hydrogens (tertiary/aromatic N) is 1. The third kappa shape index (κ3) is 4.28. The second kappa shape index (κ2) is 7.53. The fourth-order valence-electron chi connectivity index (χ4n) is 2.73. The topological polar surface area (TPSA) is 51.1 Å². The molecular weight excluding hydrogens is 350 g/mol. The Balaban J connectivity index is 1.88. The number of carbonyl (C=O) groups excluding carboxylic acids is 1. The second-order valence-electron chi connectivity index (χ2n) is 6.39. The van der Waals surface area contributed by atoms with Gasteiger partial charge in [0.1, 0.15) is 11.6 Å². The van der Waals surface area contributed by atoms with Gasteiger partial charge in [-0.1, -0.05) is 23.8 Å². The Morgan fingerprint density at radius 2 is 1.81 bits per heavy atom. The zero-order valence-electron chi connectivity index (χ0n) is 14.9. The molecule has 1 N–H and O–H groups in total. The molecule has 1 aromatic heterocycles. The number of anilines is 1. The van der Waals surface area contributed by atoms with Crippen LogP contribution in [0.25, 0.3) is 0 Å². The van der Waals surface area contributed by atoms with Gasteiger partial charge in [0.15, 0.2) is 0 Å². The van der Waals surface area contributed by atoms with Crippen molar-refractivity contribution in [2.24, 2.45) is 0 Å². The van der Waals surface area contributed by atoms with Crippen molar-refractivity contribution in [3.63, 3.8) is 0 Å². The van der Waals surface area contributed by atoms with E-state index in [-0.39, 0.29) is 16.8 Å². The highest BCUT2D eigenvalue weighted by molar-refractivity contribution is 6.04. The Morgan fingerprint density at radius 3 is 2.59 bits per heavy atom. The van der Waals surface area contributed by atoms with E-state index in [1.165, 1.54) is 22.9 Å². The fourth-order valence-corrected chi connectivity index (χ4v) is 2.73. The molecule has 0 atom stereocenters. The molecule has 0 aliphatic heterocycles. The van der Waals surface area contributed by atoms with Crippen LogP contribution < -0.4 is 10.9 Å². The molecule has 3 rings (SSSR count). The number of hydrogen-bond acceptors (Lipinski definition) is 2. The number of carbonyl (C=O) groups is 1. The minimum Gasteiger partial charge on any atom is -0.319 e. The highest BCUT2D eigenvalue weighted by Gasteiger charge is 2.12. The summed E-state index contributed by atoms with van der Waals surface area (Å²) < 4.78 is 28.4. The molecule has 27 heavy (non-hydrogen) atoms. The van der Waals surface area contributed by atoms with E-state index in [9.17, 15) is 18.4 Å². The van der Waals surface area contributed by atoms with Crippen LogP contribution in [0.3, 0.4) is 0 Å². The Hall–Kier alpha value is -3.28. The zero-order valence-corrected chi connectivity index (χ0v) is 14.9. The summed E-state index contributed by atoms with van der Waals surface area (Å²) in [5, 5.41) is 2.33. The lowest BCUT2D eigenvalue weighted by molar-refractivity contribution is 0.102. The van der Waals surface area contributed by atoms with Gasteiger partial charge in [0.25, 0.3) is 11.5 Å². The largest absolute Gasteiger partial charge is 0.319 e. The smallest absolute Gasteiger partial charge is 0.257 e. The number of amides is 1. The van der Waals surface area contributed by atoms with Gasteiger partial charge >= 0.3 is 0 Å². The van der Waals surface area contributed by atoms with E-state index in [1.54, 1.807) is 0 Å². The van der Waals surface area contributed by atoms with Crippen molar-refractivity contribution >= 4 is 11.6 Å². The van der Waals surface area contributed by atoms with Crippen molar-refractivity contribution in [1.82, 2.24) is 4.57 Å². The van der Waals surface area contributed by atoms with Crippen LogP contribution in [0.15, 0.2) is 59.5 Å². The highest BCUT2D eigenvalue weighted by Crippen LogP contribution is 2.17. The molecule has 138 valence electrons. The second-order valence-corrected chi connectivity index (χ2v) is 6.39. The third-order valence-corrected chi connectivity index (χ3v) is 4.27. The number of benzene rings is 2. The molecule has 0 saturated heterocycles. The molecule has 1 amide bonds. The van der Waals surface area contributed by atoms with E-state index >= 15 is 0 Å². The summed E-state index contributed by atoms with van der Waals surface area (Å²) in [6, 6.07) is 11.4. The molecule has 0 aliphatic carbocycles. The molecule has 0 bridgehead atoms. The third-order valence-electron chi connectivity index (χ3n) is 4.27. The van der Waals surface area contributed by atoms with Crippen molar-refractivity contribution in [3.8, 4) is 0 Å². The van der Waals surface area contributed by atoms with Gasteiger partial charge in [-0.3, -0.25) is 9.59 Å². The lowest BCUT2D eigenvalue weighted by Gasteiger charge is -2.12. The van der Waals surface area contributed by atoms with E-state index in [2.05, 4.69) is 5.32 Å². The monoisotopic (exact) mass is 368 g/mol. The predicted molar refractivity (Wildman–Crippen MR) is 100 cm³/mol. The van der Waals surface area contributed by atoms with Gasteiger partial charge in [0.05, 0.1) is 17.8 Å². The van der Waals surface area contributed by atoms with E-state index < -0.39 is 17.5 Å². The molecule has 1 heterocycles. The van der Waals surface area contributed by atoms with Crippen LogP contribution >= 0.6 is 0 Å². The van der Waals surface area contributed by atoms with Gasteiger partial charge in [-0.05, 0) is 43.2 Å². The van der Waals surface area contributed by atoms with E-state index in [0.717, 1.165) is 34.9 Å². The number of pyridine rings is 1. The lowest BCUT2D eigenvalue weighted by atomic mass is 10.1. The van der Waals surface area contributed by atoms with Gasteiger partial charge in [-0.2, -0.15) is 0 Å².